The maximum Gasteiger partial charge on any atom is 0.309 e. The third-order valence-corrected chi connectivity index (χ3v) is 26.2. The molecule has 0 saturated heterocycles. The zero-order valence-electron chi connectivity index (χ0n) is 51.7. The van der Waals surface area contributed by atoms with Gasteiger partial charge in [0.25, 0.3) is 0 Å². The Balaban J connectivity index is 0.000000174. The molecule has 0 spiro atoms. The zero-order chi connectivity index (χ0) is 62.3. The first-order chi connectivity index (χ1) is 42.1. The molecule has 9 aliphatic rings. The van der Waals surface area contributed by atoms with Crippen LogP contribution in [0.4, 0.5) is 0 Å². The number of Topliss-reactive ketones (excluding diaryl/α,β-unsaturated/α-hetero) is 2. The van der Waals surface area contributed by atoms with Crippen LogP contribution in [-0.2, 0) is 32.0 Å². The molecule has 0 unspecified atom stereocenters. The third-order valence-electron chi connectivity index (χ3n) is 23.6. The largest absolute Gasteiger partial charge is 0.449 e. The molecule has 468 valence electrons. The Kier molecular flexibility index (Phi) is 17.6. The molecule has 0 aliphatic heterocycles. The number of ketones is 2. The average Bonchev–Trinajstić information content (AvgIpc) is 1.37. The number of allylic oxidation sites excluding steroid dienone is 2. The number of esters is 1. The zero-order valence-corrected chi connectivity index (χ0v) is 55.0. The van der Waals surface area contributed by atoms with Crippen molar-refractivity contribution in [1.29, 1.82) is 5.26 Å². The van der Waals surface area contributed by atoms with Crippen LogP contribution in [0.1, 0.15) is 174 Å². The summed E-state index contributed by atoms with van der Waals surface area (Å²) in [6.07, 6.45) is 24.0. The highest BCUT2D eigenvalue weighted by Gasteiger charge is 2.72. The first kappa shape index (κ1) is 63.4. The van der Waals surface area contributed by atoms with E-state index in [9.17, 15) is 44.6 Å². The van der Waals surface area contributed by atoms with Crippen LogP contribution in [0.3, 0.4) is 0 Å². The number of thioether (sulfide) groups is 3. The number of aliphatic hydroxyl groups excluding tert-OH is 2. The Hall–Kier alpha value is -4.74. The lowest BCUT2D eigenvalue weighted by molar-refractivity contribution is -0.197. The second kappa shape index (κ2) is 24.4. The third kappa shape index (κ3) is 10.5. The van der Waals surface area contributed by atoms with Gasteiger partial charge in [0, 0.05) is 34.8 Å². The monoisotopic (exact) mass is 1270 g/mol. The lowest BCUT2D eigenvalue weighted by Crippen LogP contribution is -2.62. The number of aliphatic hydroxyl groups is 3. The maximum atomic E-state index is 13.9. The van der Waals surface area contributed by atoms with Crippen LogP contribution in [-0.4, -0.2) is 116 Å². The van der Waals surface area contributed by atoms with E-state index in [0.717, 1.165) is 140 Å². The number of hydrogen-bond donors (Lipinski definition) is 4. The minimum Gasteiger partial charge on any atom is -0.449 e. The quantitative estimate of drug-likeness (QED) is 0.0335. The number of rotatable bonds is 17. The maximum absolute atomic E-state index is 13.9. The highest BCUT2D eigenvalue weighted by atomic mass is 32.2. The number of hydrogen-bond acceptors (Lipinski definition) is 15. The number of carbonyl (C=O) groups excluding carboxylic acids is 5. The lowest BCUT2D eigenvalue weighted by Gasteiger charge is -2.60. The lowest BCUT2D eigenvalue weighted by atomic mass is 9.45. The van der Waals surface area contributed by atoms with Crippen LogP contribution in [0.15, 0.2) is 72.1 Å². The van der Waals surface area contributed by atoms with Crippen molar-refractivity contribution in [3.8, 4) is 17.4 Å². The summed E-state index contributed by atoms with van der Waals surface area (Å²) in [6, 6.07) is 17.6. The van der Waals surface area contributed by atoms with Gasteiger partial charge in [-0.15, -0.1) is 12.6 Å². The van der Waals surface area contributed by atoms with Gasteiger partial charge in [-0.25, -0.2) is 9.36 Å². The predicted molar refractivity (Wildman–Crippen MR) is 350 cm³/mol. The van der Waals surface area contributed by atoms with Gasteiger partial charge in [-0.05, 0) is 221 Å². The van der Waals surface area contributed by atoms with Crippen LogP contribution < -0.4 is 0 Å². The number of carbonyl (C=O) groups is 5. The average molecular weight is 1270 g/mol. The summed E-state index contributed by atoms with van der Waals surface area (Å²) in [5.74, 6) is 2.58. The molecule has 2 aromatic heterocycles. The predicted octanol–water partition coefficient (Wildman–Crippen LogP) is 12.4. The molecule has 2 aromatic carbocycles. The van der Waals surface area contributed by atoms with Gasteiger partial charge in [-0.1, -0.05) is 74.9 Å². The van der Waals surface area contributed by atoms with E-state index in [0.29, 0.717) is 44.1 Å². The number of aromatic nitrogens is 4. The molecule has 0 radical (unpaired) electrons. The summed E-state index contributed by atoms with van der Waals surface area (Å²) in [7, 11) is 0. The molecule has 2 heterocycles. The molecular formula is C70H85N5O9S4. The van der Waals surface area contributed by atoms with E-state index in [2.05, 4.69) is 64.1 Å². The molecule has 13 rings (SSSR count). The topological polar surface area (TPSA) is 215 Å². The SMILES string of the molecule is CSCCCC(=O)c1cccc(-n2ncc3c2C=C2CC[C@@H]4[C@H]([C@@H](O)C[C@@]5(C)[C@H]4CC[C@]5(O)C(=O)S)[C@@]2(C)C3)c1.CSCCCC(=O)c1cccc(-n2ncc3c2C=C2CC[C@@H]4[C@H]([C@@H](O)C[C@@]5(C)[C@H]4CC[C@]5(OC(=O)C4CC4)C(=O)SCC#N)[C@@]2(C)C3)c1. The number of thiol groups is 1. The fraction of sp³-hybridized carbons (Fsp3) is 0.600. The highest BCUT2D eigenvalue weighted by molar-refractivity contribution is 8.14. The van der Waals surface area contributed by atoms with Gasteiger partial charge < -0.3 is 20.1 Å². The fourth-order valence-electron chi connectivity index (χ4n) is 19.1. The molecule has 3 N–H and O–H groups in total. The summed E-state index contributed by atoms with van der Waals surface area (Å²) in [6.45, 7) is 8.64. The van der Waals surface area contributed by atoms with E-state index < -0.39 is 39.4 Å². The van der Waals surface area contributed by atoms with E-state index in [1.54, 1.807) is 23.5 Å². The molecular weight excluding hydrogens is 1180 g/mol. The minimum absolute atomic E-state index is 0.00824. The number of ether oxygens (including phenoxy) is 1. The van der Waals surface area contributed by atoms with Crippen molar-refractivity contribution in [3.05, 3.63) is 106 Å². The number of nitriles is 1. The molecule has 0 bridgehead atoms. The first-order valence-corrected chi connectivity index (χ1v) is 36.2. The van der Waals surface area contributed by atoms with E-state index in [-0.39, 0.29) is 80.7 Å². The summed E-state index contributed by atoms with van der Waals surface area (Å²) >= 11 is 8.54. The summed E-state index contributed by atoms with van der Waals surface area (Å²) in [4.78, 5) is 65.2. The number of benzene rings is 2. The first-order valence-electron chi connectivity index (χ1n) is 32.0. The van der Waals surface area contributed by atoms with Crippen molar-refractivity contribution in [2.24, 2.45) is 63.1 Å². The Morgan fingerprint density at radius 2 is 1.19 bits per heavy atom. The van der Waals surface area contributed by atoms with Crippen LogP contribution in [0.5, 0.6) is 0 Å². The Morgan fingerprint density at radius 3 is 1.67 bits per heavy atom. The Morgan fingerprint density at radius 1 is 0.705 bits per heavy atom. The Labute approximate surface area is 536 Å². The van der Waals surface area contributed by atoms with Crippen LogP contribution >= 0.6 is 47.9 Å². The van der Waals surface area contributed by atoms with Crippen molar-refractivity contribution in [2.75, 3.05) is 29.8 Å². The molecule has 9 aliphatic carbocycles. The standard InChI is InChI=1S/C38H45N3O5S2.C32H40N2O4S2/c1-36-20-25-22-40-41(27-7-4-6-24(18-27)31(42)8-5-16-47-3)30(25)19-26(36)11-12-28-29-13-14-38(35(45)48-17-15-39,46-34(44)23-9-10-23)37(29,2)21-32(43)33(28)36;1-30-16-20-18-33-34(22-7-4-6-19(14-22)26(35)8-5-13-40-3)25(20)15-21(30)9-10-23-24-11-12-32(38,29(37)39)31(24,2)17-27(36)28(23)30/h4,6-7,18-19,22-23,28-29,32-33,43H,5,8-14,16-17,20-21H2,1-3H3;4,6-7,14-15,18,23-24,27-28,36,38H,5,8-13,16-17H2,1-3H3,(H,37,39)/t28-,29-,32-,33+,36-,37-,38-;23-,24-,27-,28+,30-,31-,32-/m00/s1. The van der Waals surface area contributed by atoms with E-state index in [4.69, 9.17) is 14.9 Å². The molecule has 7 fully saturated rings. The number of fused-ring (bicyclic) bond motifs is 12. The second-order valence-corrected chi connectivity index (χ2v) is 31.5. The van der Waals surface area contributed by atoms with Crippen molar-refractivity contribution < 1.29 is 44.0 Å². The van der Waals surface area contributed by atoms with Crippen molar-refractivity contribution >= 4 is 87.8 Å². The Bertz CT molecular complexity index is 3550. The van der Waals surface area contributed by atoms with E-state index in [1.165, 1.54) is 11.1 Å². The second-order valence-electron chi connectivity index (χ2n) is 28.1. The molecule has 0 amide bonds. The minimum atomic E-state index is -1.48. The fourth-order valence-corrected chi connectivity index (χ4v) is 21.2. The molecule has 14 atom stereocenters. The van der Waals surface area contributed by atoms with E-state index in [1.807, 2.05) is 77.2 Å². The summed E-state index contributed by atoms with van der Waals surface area (Å²) in [5.41, 5.74) is 5.55. The van der Waals surface area contributed by atoms with Gasteiger partial charge >= 0.3 is 5.97 Å². The summed E-state index contributed by atoms with van der Waals surface area (Å²) in [5, 5.41) is 53.4. The smallest absolute Gasteiger partial charge is 0.309 e. The molecule has 4 aromatic rings. The van der Waals surface area contributed by atoms with Crippen LogP contribution in [0, 0.1) is 74.4 Å². The van der Waals surface area contributed by atoms with Crippen molar-refractivity contribution in [1.82, 2.24) is 19.6 Å². The van der Waals surface area contributed by atoms with Gasteiger partial charge in [-0.3, -0.25) is 24.0 Å². The van der Waals surface area contributed by atoms with Crippen LogP contribution in [0.25, 0.3) is 23.5 Å². The van der Waals surface area contributed by atoms with Gasteiger partial charge in [-0.2, -0.15) is 39.0 Å². The molecule has 18 heteroatoms. The van der Waals surface area contributed by atoms with E-state index >= 15 is 0 Å². The van der Waals surface area contributed by atoms with Crippen molar-refractivity contribution in [3.63, 3.8) is 0 Å². The van der Waals surface area contributed by atoms with Crippen molar-refractivity contribution in [2.45, 2.75) is 167 Å². The molecule has 88 heavy (non-hydrogen) atoms. The van der Waals surface area contributed by atoms with Gasteiger partial charge in [0.2, 0.25) is 10.2 Å². The highest BCUT2D eigenvalue weighted by Crippen LogP contribution is 2.70. The van der Waals surface area contributed by atoms with Crippen LogP contribution in [0.2, 0.25) is 0 Å². The molecule has 14 nitrogen and oxygen atoms in total. The van der Waals surface area contributed by atoms with Gasteiger partial charge in [0.1, 0.15) is 5.60 Å². The normalized spacial score (nSPS) is 34.6. The van der Waals surface area contributed by atoms with Gasteiger partial charge in [0.15, 0.2) is 17.2 Å². The molecule has 7 saturated carbocycles. The number of nitrogens with zero attached hydrogens (tertiary/aromatic N) is 5. The summed E-state index contributed by atoms with van der Waals surface area (Å²) < 4.78 is 10.2. The van der Waals surface area contributed by atoms with Gasteiger partial charge in [0.05, 0.1) is 65.1 Å².